The fraction of sp³-hybridized carbons (Fsp3) is 0.588. The number of aryl methyl sites for hydroxylation is 1. The van der Waals surface area contributed by atoms with E-state index in [4.69, 9.17) is 10.5 Å². The molecule has 0 saturated carbocycles. The highest BCUT2D eigenvalue weighted by Crippen LogP contribution is 2.18. The first-order valence-corrected chi connectivity index (χ1v) is 7.50. The van der Waals surface area contributed by atoms with Gasteiger partial charge in [-0.2, -0.15) is 0 Å². The third kappa shape index (κ3) is 5.76. The lowest BCUT2D eigenvalue weighted by atomic mass is 9.87. The highest BCUT2D eigenvalue weighted by atomic mass is 16.5. The highest BCUT2D eigenvalue weighted by molar-refractivity contribution is 5.82. The van der Waals surface area contributed by atoms with Crippen LogP contribution in [0.15, 0.2) is 24.3 Å². The molecule has 1 aromatic rings. The molecule has 0 heterocycles. The quantitative estimate of drug-likeness (QED) is 0.847. The molecular formula is C17H28N2O2. The predicted octanol–water partition coefficient (Wildman–Crippen LogP) is 2.64. The van der Waals surface area contributed by atoms with E-state index in [-0.39, 0.29) is 17.4 Å². The largest absolute Gasteiger partial charge is 0.489 e. The van der Waals surface area contributed by atoms with Gasteiger partial charge in [0, 0.05) is 0 Å². The van der Waals surface area contributed by atoms with Crippen molar-refractivity contribution >= 4 is 5.91 Å². The second-order valence-corrected chi connectivity index (χ2v) is 6.55. The van der Waals surface area contributed by atoms with Crippen LogP contribution in [0.4, 0.5) is 0 Å². The van der Waals surface area contributed by atoms with Gasteiger partial charge in [0.2, 0.25) is 5.91 Å². The van der Waals surface area contributed by atoms with E-state index in [9.17, 15) is 4.79 Å². The van der Waals surface area contributed by atoms with Crippen molar-refractivity contribution in [3.8, 4) is 5.75 Å². The first kappa shape index (κ1) is 17.5. The van der Waals surface area contributed by atoms with Crippen LogP contribution >= 0.6 is 0 Å². The average molecular weight is 292 g/mol. The molecule has 0 bridgehead atoms. The molecule has 1 aromatic carbocycles. The summed E-state index contributed by atoms with van der Waals surface area (Å²) in [5.74, 6) is 0.699. The van der Waals surface area contributed by atoms with Crippen LogP contribution in [0, 0.1) is 12.3 Å². The summed E-state index contributed by atoms with van der Waals surface area (Å²) >= 11 is 0. The van der Waals surface area contributed by atoms with Gasteiger partial charge in [0.25, 0.3) is 0 Å². The van der Waals surface area contributed by atoms with Crippen LogP contribution < -0.4 is 15.8 Å². The Morgan fingerprint density at radius 2 is 2.05 bits per heavy atom. The highest BCUT2D eigenvalue weighted by Gasteiger charge is 2.27. The number of carbonyl (C=O) groups excluding carboxylic acids is 1. The smallest absolute Gasteiger partial charge is 0.237 e. The van der Waals surface area contributed by atoms with Crippen LogP contribution in [0.1, 0.15) is 39.7 Å². The summed E-state index contributed by atoms with van der Waals surface area (Å²) < 4.78 is 5.90. The summed E-state index contributed by atoms with van der Waals surface area (Å²) in [4.78, 5) is 12.0. The van der Waals surface area contributed by atoms with Crippen LogP contribution in [0.5, 0.6) is 5.75 Å². The van der Waals surface area contributed by atoms with Crippen LogP contribution in [-0.2, 0) is 4.79 Å². The Morgan fingerprint density at radius 3 is 2.57 bits per heavy atom. The zero-order valence-electron chi connectivity index (χ0n) is 13.8. The van der Waals surface area contributed by atoms with Gasteiger partial charge in [0.05, 0.1) is 12.6 Å². The summed E-state index contributed by atoms with van der Waals surface area (Å²) in [5, 5.41) is 2.89. The van der Waals surface area contributed by atoms with Gasteiger partial charge in [-0.25, -0.2) is 0 Å². The SMILES string of the molecule is CCC(CNC(=O)[C@@H](N)C(C)(C)C)Oc1cccc(C)c1. The van der Waals surface area contributed by atoms with Crippen LogP contribution in [0.2, 0.25) is 0 Å². The molecule has 0 aliphatic heterocycles. The molecule has 2 atom stereocenters. The Bertz CT molecular complexity index is 466. The van der Waals surface area contributed by atoms with Gasteiger partial charge in [-0.1, -0.05) is 39.8 Å². The minimum Gasteiger partial charge on any atom is -0.489 e. The van der Waals surface area contributed by atoms with Crippen LogP contribution in [0.25, 0.3) is 0 Å². The van der Waals surface area contributed by atoms with Gasteiger partial charge in [0.15, 0.2) is 0 Å². The Morgan fingerprint density at radius 1 is 1.38 bits per heavy atom. The van der Waals surface area contributed by atoms with Crippen molar-refractivity contribution in [2.45, 2.75) is 53.2 Å². The van der Waals surface area contributed by atoms with Crippen LogP contribution in [0.3, 0.4) is 0 Å². The third-order valence-electron chi connectivity index (χ3n) is 3.47. The molecule has 0 saturated heterocycles. The molecule has 1 unspecified atom stereocenters. The zero-order valence-corrected chi connectivity index (χ0v) is 13.8. The number of carbonyl (C=O) groups is 1. The number of hydrogen-bond donors (Lipinski definition) is 2. The number of nitrogens with one attached hydrogen (secondary N) is 1. The lowest BCUT2D eigenvalue weighted by Gasteiger charge is -2.27. The molecule has 3 N–H and O–H groups in total. The molecule has 1 amide bonds. The Hall–Kier alpha value is -1.55. The number of rotatable bonds is 6. The van der Waals surface area contributed by atoms with Crippen molar-refractivity contribution in [2.75, 3.05) is 6.54 Å². The summed E-state index contributed by atoms with van der Waals surface area (Å²) in [5.41, 5.74) is 6.85. The van der Waals surface area contributed by atoms with E-state index in [0.29, 0.717) is 6.54 Å². The number of benzene rings is 1. The molecular weight excluding hydrogens is 264 g/mol. The molecule has 0 fully saturated rings. The van der Waals surface area contributed by atoms with Gasteiger partial charge < -0.3 is 15.8 Å². The van der Waals surface area contributed by atoms with E-state index in [1.165, 1.54) is 0 Å². The van der Waals surface area contributed by atoms with E-state index < -0.39 is 6.04 Å². The molecule has 1 rings (SSSR count). The summed E-state index contributed by atoms with van der Waals surface area (Å²) in [7, 11) is 0. The number of hydrogen-bond acceptors (Lipinski definition) is 3. The van der Waals surface area contributed by atoms with Gasteiger partial charge in [-0.15, -0.1) is 0 Å². The maximum absolute atomic E-state index is 12.0. The van der Waals surface area contributed by atoms with Gasteiger partial charge >= 0.3 is 0 Å². The molecule has 0 aliphatic carbocycles. The van der Waals surface area contributed by atoms with Crippen molar-refractivity contribution in [2.24, 2.45) is 11.1 Å². The molecule has 0 aliphatic rings. The minimum atomic E-state index is -0.519. The molecule has 0 aromatic heterocycles. The first-order chi connectivity index (χ1) is 9.74. The van der Waals surface area contributed by atoms with Crippen molar-refractivity contribution < 1.29 is 9.53 Å². The van der Waals surface area contributed by atoms with E-state index in [2.05, 4.69) is 5.32 Å². The summed E-state index contributed by atoms with van der Waals surface area (Å²) in [6.45, 7) is 10.4. The molecule has 4 heteroatoms. The van der Waals surface area contributed by atoms with Crippen molar-refractivity contribution in [3.05, 3.63) is 29.8 Å². The fourth-order valence-corrected chi connectivity index (χ4v) is 1.87. The zero-order chi connectivity index (χ0) is 16.0. The monoisotopic (exact) mass is 292 g/mol. The molecule has 118 valence electrons. The fourth-order valence-electron chi connectivity index (χ4n) is 1.87. The molecule has 0 spiro atoms. The second-order valence-electron chi connectivity index (χ2n) is 6.55. The number of amides is 1. The summed E-state index contributed by atoms with van der Waals surface area (Å²) in [6, 6.07) is 7.39. The third-order valence-corrected chi connectivity index (χ3v) is 3.47. The van der Waals surface area contributed by atoms with E-state index in [1.807, 2.05) is 58.9 Å². The molecule has 21 heavy (non-hydrogen) atoms. The number of ether oxygens (including phenoxy) is 1. The first-order valence-electron chi connectivity index (χ1n) is 7.50. The number of nitrogens with two attached hydrogens (primary N) is 1. The van der Waals surface area contributed by atoms with Gasteiger partial charge in [0.1, 0.15) is 11.9 Å². The molecule has 0 radical (unpaired) electrons. The van der Waals surface area contributed by atoms with Crippen molar-refractivity contribution in [1.29, 1.82) is 0 Å². The van der Waals surface area contributed by atoms with Gasteiger partial charge in [-0.3, -0.25) is 4.79 Å². The standard InChI is InChI=1S/C17H28N2O2/c1-6-13(21-14-9-7-8-12(2)10-14)11-19-16(20)15(18)17(3,4)5/h7-10,13,15H,6,11,18H2,1-5H3,(H,19,20)/t13?,15-/m1/s1. The van der Waals surface area contributed by atoms with Crippen molar-refractivity contribution in [1.82, 2.24) is 5.32 Å². The van der Waals surface area contributed by atoms with Crippen molar-refractivity contribution in [3.63, 3.8) is 0 Å². The Labute approximate surface area is 128 Å². The summed E-state index contributed by atoms with van der Waals surface area (Å²) in [6.07, 6.45) is 0.766. The Balaban J connectivity index is 2.53. The van der Waals surface area contributed by atoms with E-state index >= 15 is 0 Å². The van der Waals surface area contributed by atoms with E-state index in [0.717, 1.165) is 17.7 Å². The molecule has 4 nitrogen and oxygen atoms in total. The normalized spacial score (nSPS) is 14.4. The predicted molar refractivity (Wildman–Crippen MR) is 86.3 cm³/mol. The maximum atomic E-state index is 12.0. The lowest BCUT2D eigenvalue weighted by Crippen LogP contribution is -2.50. The average Bonchev–Trinajstić information content (AvgIpc) is 2.41. The van der Waals surface area contributed by atoms with E-state index in [1.54, 1.807) is 0 Å². The second kappa shape index (κ2) is 7.46. The Kier molecular flexibility index (Phi) is 6.21. The minimum absolute atomic E-state index is 0.0529. The van der Waals surface area contributed by atoms with Gasteiger partial charge in [-0.05, 0) is 36.5 Å². The topological polar surface area (TPSA) is 64.4 Å². The lowest BCUT2D eigenvalue weighted by molar-refractivity contribution is -0.124. The maximum Gasteiger partial charge on any atom is 0.237 e. The van der Waals surface area contributed by atoms with Crippen LogP contribution in [-0.4, -0.2) is 24.6 Å².